The molecule has 0 bridgehead atoms. The fourth-order valence-corrected chi connectivity index (χ4v) is 1.78. The molecule has 0 aromatic heterocycles. The molecule has 8 nitrogen and oxygen atoms in total. The van der Waals surface area contributed by atoms with Crippen LogP contribution >= 0.6 is 0 Å². The third kappa shape index (κ3) is 3.29. The summed E-state index contributed by atoms with van der Waals surface area (Å²) in [5, 5.41) is 19.7. The van der Waals surface area contributed by atoms with Gasteiger partial charge in [0.2, 0.25) is 5.60 Å². The van der Waals surface area contributed by atoms with Crippen molar-refractivity contribution >= 4 is 17.8 Å². The van der Waals surface area contributed by atoms with Crippen LogP contribution in [-0.4, -0.2) is 27.8 Å². The Bertz CT molecular complexity index is 662. The molecule has 8 heteroatoms. The molecule has 0 saturated carbocycles. The molecule has 22 heavy (non-hydrogen) atoms. The topological polar surface area (TPSA) is 116 Å². The van der Waals surface area contributed by atoms with Gasteiger partial charge in [-0.2, -0.15) is 0 Å². The average molecular weight is 305 g/mol. The number of carbonyl (C=O) groups is 2. The van der Waals surface area contributed by atoms with Crippen LogP contribution in [-0.2, 0) is 9.53 Å². The Kier molecular flexibility index (Phi) is 4.21. The molecule has 0 heterocycles. The van der Waals surface area contributed by atoms with Crippen LogP contribution in [0.25, 0.3) is 0 Å². The first-order chi connectivity index (χ1) is 10.4. The summed E-state index contributed by atoms with van der Waals surface area (Å²) in [6.45, 7) is 0. The second kappa shape index (κ2) is 6.08. The number of aliphatic carboxylic acids is 1. The summed E-state index contributed by atoms with van der Waals surface area (Å²) in [4.78, 5) is 32.9. The maximum absolute atomic E-state index is 11.7. The van der Waals surface area contributed by atoms with E-state index in [4.69, 9.17) is 9.47 Å². The Hall–Kier alpha value is -3.16. The minimum atomic E-state index is -1.81. The number of allylic oxidation sites excluding steroid dienone is 2. The first-order valence-electron chi connectivity index (χ1n) is 6.16. The van der Waals surface area contributed by atoms with Gasteiger partial charge in [-0.3, -0.25) is 10.1 Å². The SMILES string of the molecule is O=C(Oc1ccc([N+](=O)[O-])cc1)OC1(C(=O)O)C=CC=CC1. The van der Waals surface area contributed by atoms with Gasteiger partial charge in [0.1, 0.15) is 5.75 Å². The maximum atomic E-state index is 11.7. The average Bonchev–Trinajstić information content (AvgIpc) is 2.48. The first-order valence-corrected chi connectivity index (χ1v) is 6.16. The van der Waals surface area contributed by atoms with Crippen molar-refractivity contribution in [1.82, 2.24) is 0 Å². The molecule has 2 rings (SSSR count). The number of hydrogen-bond donors (Lipinski definition) is 1. The van der Waals surface area contributed by atoms with Crippen molar-refractivity contribution in [2.45, 2.75) is 12.0 Å². The number of rotatable bonds is 4. The third-order valence-corrected chi connectivity index (χ3v) is 2.91. The number of non-ortho nitro benzene ring substituents is 1. The molecular weight excluding hydrogens is 294 g/mol. The molecule has 1 atom stereocenters. The van der Waals surface area contributed by atoms with Gasteiger partial charge < -0.3 is 14.6 Å². The smallest absolute Gasteiger partial charge is 0.478 e. The van der Waals surface area contributed by atoms with E-state index >= 15 is 0 Å². The Morgan fingerprint density at radius 2 is 1.91 bits per heavy atom. The van der Waals surface area contributed by atoms with E-state index in [0.29, 0.717) is 0 Å². The summed E-state index contributed by atoms with van der Waals surface area (Å²) in [5.41, 5.74) is -1.98. The van der Waals surface area contributed by atoms with Crippen molar-refractivity contribution in [2.24, 2.45) is 0 Å². The van der Waals surface area contributed by atoms with E-state index in [0.717, 1.165) is 12.1 Å². The zero-order valence-electron chi connectivity index (χ0n) is 11.2. The second-order valence-corrected chi connectivity index (χ2v) is 4.39. The van der Waals surface area contributed by atoms with Crippen LogP contribution < -0.4 is 4.74 Å². The summed E-state index contributed by atoms with van der Waals surface area (Å²) < 4.78 is 9.71. The van der Waals surface area contributed by atoms with Gasteiger partial charge in [0.25, 0.3) is 5.69 Å². The zero-order chi connectivity index (χ0) is 16.2. The van der Waals surface area contributed by atoms with Gasteiger partial charge in [0.05, 0.1) is 4.92 Å². The predicted octanol–water partition coefficient (Wildman–Crippen LogP) is 2.45. The Balaban J connectivity index is 2.05. The molecule has 1 aliphatic rings. The minimum Gasteiger partial charge on any atom is -0.478 e. The van der Waals surface area contributed by atoms with E-state index in [1.807, 2.05) is 0 Å². The number of ether oxygens (including phenoxy) is 2. The van der Waals surface area contributed by atoms with Gasteiger partial charge >= 0.3 is 12.1 Å². The van der Waals surface area contributed by atoms with Crippen LogP contribution in [0.2, 0.25) is 0 Å². The standard InChI is InChI=1S/C14H11NO7/c16-12(17)14(8-2-1-3-9-14)22-13(18)21-11-6-4-10(5-7-11)15(19)20/h1-8H,9H2,(H,16,17). The number of nitrogens with zero attached hydrogens (tertiary/aromatic N) is 1. The summed E-state index contributed by atoms with van der Waals surface area (Å²) >= 11 is 0. The highest BCUT2D eigenvalue weighted by Gasteiger charge is 2.40. The summed E-state index contributed by atoms with van der Waals surface area (Å²) in [6, 6.07) is 4.73. The number of carboxylic acid groups (broad SMARTS) is 1. The molecule has 0 radical (unpaired) electrons. The van der Waals surface area contributed by atoms with Crippen molar-refractivity contribution in [3.63, 3.8) is 0 Å². The molecular formula is C14H11NO7. The number of carbonyl (C=O) groups excluding carboxylic acids is 1. The Morgan fingerprint density at radius 1 is 1.23 bits per heavy atom. The van der Waals surface area contributed by atoms with Crippen LogP contribution in [0.15, 0.2) is 48.6 Å². The molecule has 1 N–H and O–H groups in total. The molecule has 1 unspecified atom stereocenters. The summed E-state index contributed by atoms with van der Waals surface area (Å²) in [6.07, 6.45) is 4.65. The number of hydrogen-bond acceptors (Lipinski definition) is 6. The molecule has 1 aromatic carbocycles. The molecule has 114 valence electrons. The van der Waals surface area contributed by atoms with E-state index in [1.54, 1.807) is 12.2 Å². The fraction of sp³-hybridized carbons (Fsp3) is 0.143. The Morgan fingerprint density at radius 3 is 2.41 bits per heavy atom. The highest BCUT2D eigenvalue weighted by Crippen LogP contribution is 2.25. The van der Waals surface area contributed by atoms with Crippen LogP contribution in [0.1, 0.15) is 6.42 Å². The molecule has 1 aromatic rings. The lowest BCUT2D eigenvalue weighted by Gasteiger charge is -2.25. The lowest BCUT2D eigenvalue weighted by Crippen LogP contribution is -2.42. The third-order valence-electron chi connectivity index (χ3n) is 2.91. The van der Waals surface area contributed by atoms with Crippen molar-refractivity contribution in [2.75, 3.05) is 0 Å². The summed E-state index contributed by atoms with van der Waals surface area (Å²) in [7, 11) is 0. The van der Waals surface area contributed by atoms with Crippen molar-refractivity contribution < 1.29 is 29.1 Å². The van der Waals surface area contributed by atoms with Gasteiger partial charge in [0, 0.05) is 18.6 Å². The second-order valence-electron chi connectivity index (χ2n) is 4.39. The maximum Gasteiger partial charge on any atom is 0.515 e. The number of nitro benzene ring substituents is 1. The van der Waals surface area contributed by atoms with Gasteiger partial charge in [0.15, 0.2) is 0 Å². The van der Waals surface area contributed by atoms with Crippen LogP contribution in [0, 0.1) is 10.1 Å². The minimum absolute atomic E-state index is 0.00599. The molecule has 0 saturated heterocycles. The predicted molar refractivity (Wildman–Crippen MR) is 73.5 cm³/mol. The van der Waals surface area contributed by atoms with E-state index < -0.39 is 22.6 Å². The first kappa shape index (κ1) is 15.2. The number of benzene rings is 1. The number of carboxylic acids is 1. The lowest BCUT2D eigenvalue weighted by atomic mass is 9.95. The van der Waals surface area contributed by atoms with Gasteiger partial charge in [-0.25, -0.2) is 9.59 Å². The fourth-order valence-electron chi connectivity index (χ4n) is 1.78. The molecule has 0 fully saturated rings. The van der Waals surface area contributed by atoms with Crippen molar-refractivity contribution in [3.05, 3.63) is 58.7 Å². The van der Waals surface area contributed by atoms with E-state index in [1.165, 1.54) is 24.3 Å². The zero-order valence-corrected chi connectivity index (χ0v) is 11.2. The molecule has 0 amide bonds. The highest BCUT2D eigenvalue weighted by molar-refractivity contribution is 5.84. The van der Waals surface area contributed by atoms with E-state index in [-0.39, 0.29) is 17.9 Å². The quantitative estimate of drug-likeness (QED) is 0.393. The van der Waals surface area contributed by atoms with Crippen molar-refractivity contribution in [3.8, 4) is 5.75 Å². The van der Waals surface area contributed by atoms with Gasteiger partial charge in [-0.05, 0) is 18.2 Å². The van der Waals surface area contributed by atoms with Gasteiger partial charge in [-0.15, -0.1) is 0 Å². The van der Waals surface area contributed by atoms with Crippen molar-refractivity contribution in [1.29, 1.82) is 0 Å². The van der Waals surface area contributed by atoms with E-state index in [9.17, 15) is 24.8 Å². The lowest BCUT2D eigenvalue weighted by molar-refractivity contribution is -0.384. The molecule has 1 aliphatic carbocycles. The Labute approximate surface area is 124 Å². The monoisotopic (exact) mass is 305 g/mol. The largest absolute Gasteiger partial charge is 0.515 e. The normalized spacial score (nSPS) is 19.5. The van der Waals surface area contributed by atoms with Crippen LogP contribution in [0.3, 0.4) is 0 Å². The summed E-state index contributed by atoms with van der Waals surface area (Å²) in [5.74, 6) is -1.32. The van der Waals surface area contributed by atoms with E-state index in [2.05, 4.69) is 0 Å². The molecule has 0 aliphatic heterocycles. The van der Waals surface area contributed by atoms with Crippen LogP contribution in [0.4, 0.5) is 10.5 Å². The number of nitro groups is 1. The van der Waals surface area contributed by atoms with Crippen LogP contribution in [0.5, 0.6) is 5.75 Å². The highest BCUT2D eigenvalue weighted by atomic mass is 16.7. The van der Waals surface area contributed by atoms with Gasteiger partial charge in [-0.1, -0.05) is 18.2 Å². The molecule has 0 spiro atoms.